The van der Waals surface area contributed by atoms with Crippen molar-refractivity contribution in [1.82, 2.24) is 4.98 Å². The van der Waals surface area contributed by atoms with Gasteiger partial charge in [-0.05, 0) is 37.0 Å². The van der Waals surface area contributed by atoms with Gasteiger partial charge < -0.3 is 14.4 Å². The van der Waals surface area contributed by atoms with Crippen LogP contribution in [0, 0.1) is 5.92 Å². The Morgan fingerprint density at radius 2 is 2.40 bits per heavy atom. The Morgan fingerprint density at radius 3 is 3.20 bits per heavy atom. The zero-order chi connectivity index (χ0) is 14.1. The lowest BCUT2D eigenvalue weighted by molar-refractivity contribution is -0.138. The molecule has 0 radical (unpaired) electrons. The van der Waals surface area contributed by atoms with Gasteiger partial charge in [0.2, 0.25) is 0 Å². The standard InChI is InChI=1S/C14H15ClN2O3/c15-10-3-4-12-11(7-10)16-14(20-12)17-5-1-2-9(8-17)6-13(18)19/h3-4,7,9H,1-2,5-6,8H2,(H,18,19)/t9-/m0/s1. The normalized spacial score (nSPS) is 19.4. The summed E-state index contributed by atoms with van der Waals surface area (Å²) >= 11 is 5.93. The maximum atomic E-state index is 10.8. The maximum absolute atomic E-state index is 10.8. The van der Waals surface area contributed by atoms with Crippen LogP contribution in [0.25, 0.3) is 11.1 Å². The van der Waals surface area contributed by atoms with E-state index in [9.17, 15) is 4.79 Å². The minimum Gasteiger partial charge on any atom is -0.481 e. The second kappa shape index (κ2) is 5.32. The number of carboxylic acid groups (broad SMARTS) is 1. The molecule has 1 aliphatic heterocycles. The van der Waals surface area contributed by atoms with Crippen LogP contribution in [0.2, 0.25) is 5.02 Å². The first kappa shape index (κ1) is 13.2. The van der Waals surface area contributed by atoms with E-state index in [0.29, 0.717) is 23.2 Å². The Labute approximate surface area is 121 Å². The molecule has 0 saturated carbocycles. The summed E-state index contributed by atoms with van der Waals surface area (Å²) < 4.78 is 5.72. The van der Waals surface area contributed by atoms with E-state index in [2.05, 4.69) is 4.98 Å². The van der Waals surface area contributed by atoms with Crippen LogP contribution in [-0.4, -0.2) is 29.1 Å². The van der Waals surface area contributed by atoms with Gasteiger partial charge in [0.15, 0.2) is 5.58 Å². The van der Waals surface area contributed by atoms with Crippen molar-refractivity contribution in [1.29, 1.82) is 0 Å². The minimum atomic E-state index is -0.749. The number of carbonyl (C=O) groups is 1. The van der Waals surface area contributed by atoms with Crippen LogP contribution in [0.4, 0.5) is 6.01 Å². The van der Waals surface area contributed by atoms with Crippen LogP contribution in [0.3, 0.4) is 0 Å². The molecule has 5 nitrogen and oxygen atoms in total. The lowest BCUT2D eigenvalue weighted by Crippen LogP contribution is -2.36. The molecule has 0 amide bonds. The second-order valence-corrected chi connectivity index (χ2v) is 5.60. The van der Waals surface area contributed by atoms with Crippen molar-refractivity contribution in [2.24, 2.45) is 5.92 Å². The fourth-order valence-corrected chi connectivity index (χ4v) is 2.84. The summed E-state index contributed by atoms with van der Waals surface area (Å²) in [5.41, 5.74) is 1.43. The van der Waals surface area contributed by atoms with E-state index in [4.69, 9.17) is 21.1 Å². The number of oxazole rings is 1. The Kier molecular flexibility index (Phi) is 3.53. The Bertz CT molecular complexity index is 640. The summed E-state index contributed by atoms with van der Waals surface area (Å²) in [6, 6.07) is 5.88. The van der Waals surface area contributed by atoms with Crippen molar-refractivity contribution in [3.63, 3.8) is 0 Å². The summed E-state index contributed by atoms with van der Waals surface area (Å²) in [4.78, 5) is 17.3. The first-order valence-corrected chi connectivity index (χ1v) is 7.02. The van der Waals surface area contributed by atoms with E-state index in [-0.39, 0.29) is 12.3 Å². The summed E-state index contributed by atoms with van der Waals surface area (Å²) in [5.74, 6) is -0.596. The first-order valence-electron chi connectivity index (χ1n) is 6.64. The molecule has 1 N–H and O–H groups in total. The molecule has 1 atom stereocenters. The quantitative estimate of drug-likeness (QED) is 0.942. The number of benzene rings is 1. The third-order valence-electron chi connectivity index (χ3n) is 3.59. The molecule has 0 spiro atoms. The Balaban J connectivity index is 1.81. The molecular formula is C14H15ClN2O3. The lowest BCUT2D eigenvalue weighted by Gasteiger charge is -2.30. The molecule has 1 aromatic heterocycles. The molecule has 3 rings (SSSR count). The van der Waals surface area contributed by atoms with Gasteiger partial charge in [0.05, 0.1) is 0 Å². The number of fused-ring (bicyclic) bond motifs is 1. The Hall–Kier alpha value is -1.75. The molecule has 1 fully saturated rings. The molecule has 1 aliphatic rings. The highest BCUT2D eigenvalue weighted by molar-refractivity contribution is 6.31. The molecule has 1 saturated heterocycles. The third kappa shape index (κ3) is 2.72. The van der Waals surface area contributed by atoms with Crippen LogP contribution >= 0.6 is 11.6 Å². The molecular weight excluding hydrogens is 280 g/mol. The SMILES string of the molecule is O=C(O)C[C@@H]1CCCN(c2nc3cc(Cl)ccc3o2)C1. The van der Waals surface area contributed by atoms with Gasteiger partial charge in [0.25, 0.3) is 6.01 Å². The van der Waals surface area contributed by atoms with Gasteiger partial charge >= 0.3 is 5.97 Å². The number of hydrogen-bond donors (Lipinski definition) is 1. The molecule has 0 bridgehead atoms. The highest BCUT2D eigenvalue weighted by Gasteiger charge is 2.25. The predicted molar refractivity (Wildman–Crippen MR) is 76.2 cm³/mol. The number of aromatic nitrogens is 1. The largest absolute Gasteiger partial charge is 0.481 e. The van der Waals surface area contributed by atoms with Gasteiger partial charge in [0, 0.05) is 24.5 Å². The number of nitrogens with zero attached hydrogens (tertiary/aromatic N) is 2. The van der Waals surface area contributed by atoms with Crippen LogP contribution in [0.15, 0.2) is 22.6 Å². The zero-order valence-electron chi connectivity index (χ0n) is 10.9. The van der Waals surface area contributed by atoms with Gasteiger partial charge in [-0.3, -0.25) is 4.79 Å². The summed E-state index contributed by atoms with van der Waals surface area (Å²) in [7, 11) is 0. The molecule has 0 unspecified atom stereocenters. The maximum Gasteiger partial charge on any atom is 0.303 e. The number of piperidine rings is 1. The first-order chi connectivity index (χ1) is 9.61. The van der Waals surface area contributed by atoms with Crippen molar-refractivity contribution in [3.05, 3.63) is 23.2 Å². The van der Waals surface area contributed by atoms with Crippen molar-refractivity contribution in [3.8, 4) is 0 Å². The van der Waals surface area contributed by atoms with Gasteiger partial charge in [-0.1, -0.05) is 11.6 Å². The number of aliphatic carboxylic acids is 1. The molecule has 20 heavy (non-hydrogen) atoms. The molecule has 106 valence electrons. The van der Waals surface area contributed by atoms with Crippen molar-refractivity contribution in [2.45, 2.75) is 19.3 Å². The van der Waals surface area contributed by atoms with E-state index in [1.54, 1.807) is 18.2 Å². The van der Waals surface area contributed by atoms with Gasteiger partial charge in [-0.2, -0.15) is 4.98 Å². The van der Waals surface area contributed by atoms with E-state index in [1.807, 2.05) is 4.90 Å². The van der Waals surface area contributed by atoms with Crippen LogP contribution < -0.4 is 4.90 Å². The number of rotatable bonds is 3. The lowest BCUT2D eigenvalue weighted by atomic mass is 9.95. The van der Waals surface area contributed by atoms with E-state index in [0.717, 1.165) is 24.9 Å². The predicted octanol–water partition coefficient (Wildman–Crippen LogP) is 3.17. The smallest absolute Gasteiger partial charge is 0.303 e. The number of carboxylic acids is 1. The number of hydrogen-bond acceptors (Lipinski definition) is 4. The average molecular weight is 295 g/mol. The Morgan fingerprint density at radius 1 is 1.55 bits per heavy atom. The number of anilines is 1. The fourth-order valence-electron chi connectivity index (χ4n) is 2.68. The highest BCUT2D eigenvalue weighted by atomic mass is 35.5. The van der Waals surface area contributed by atoms with Crippen molar-refractivity contribution in [2.75, 3.05) is 18.0 Å². The molecule has 6 heteroatoms. The van der Waals surface area contributed by atoms with Crippen LogP contribution in [0.5, 0.6) is 0 Å². The van der Waals surface area contributed by atoms with Gasteiger partial charge in [-0.15, -0.1) is 0 Å². The minimum absolute atomic E-state index is 0.153. The zero-order valence-corrected chi connectivity index (χ0v) is 11.6. The summed E-state index contributed by atoms with van der Waals surface area (Å²) in [6.45, 7) is 1.52. The van der Waals surface area contributed by atoms with E-state index in [1.165, 1.54) is 0 Å². The highest BCUT2D eigenvalue weighted by Crippen LogP contribution is 2.28. The van der Waals surface area contributed by atoms with Crippen LogP contribution in [0.1, 0.15) is 19.3 Å². The molecule has 2 aromatic rings. The summed E-state index contributed by atoms with van der Waals surface area (Å²) in [5, 5.41) is 9.52. The van der Waals surface area contributed by atoms with Gasteiger partial charge in [0.1, 0.15) is 5.52 Å². The van der Waals surface area contributed by atoms with Crippen molar-refractivity contribution < 1.29 is 14.3 Å². The second-order valence-electron chi connectivity index (χ2n) is 5.16. The third-order valence-corrected chi connectivity index (χ3v) is 3.83. The molecule has 1 aromatic carbocycles. The summed E-state index contributed by atoms with van der Waals surface area (Å²) in [6.07, 6.45) is 2.09. The van der Waals surface area contributed by atoms with Crippen LogP contribution in [-0.2, 0) is 4.79 Å². The number of halogens is 1. The topological polar surface area (TPSA) is 66.6 Å². The monoisotopic (exact) mass is 294 g/mol. The molecule has 2 heterocycles. The molecule has 0 aliphatic carbocycles. The fraction of sp³-hybridized carbons (Fsp3) is 0.429. The van der Waals surface area contributed by atoms with Crippen molar-refractivity contribution >= 4 is 34.7 Å². The van der Waals surface area contributed by atoms with Gasteiger partial charge in [-0.25, -0.2) is 0 Å². The average Bonchev–Trinajstić information content (AvgIpc) is 2.81. The van der Waals surface area contributed by atoms with E-state index >= 15 is 0 Å². The van der Waals surface area contributed by atoms with E-state index < -0.39 is 5.97 Å².